The van der Waals surface area contributed by atoms with Crippen molar-refractivity contribution in [3.05, 3.63) is 34.4 Å². The van der Waals surface area contributed by atoms with Crippen molar-refractivity contribution in [3.63, 3.8) is 0 Å². The van der Waals surface area contributed by atoms with Crippen molar-refractivity contribution < 1.29 is 4.74 Å². The number of ether oxygens (including phenoxy) is 1. The van der Waals surface area contributed by atoms with E-state index in [1.165, 1.54) is 22.3 Å². The van der Waals surface area contributed by atoms with Gasteiger partial charge in [0.25, 0.3) is 0 Å². The van der Waals surface area contributed by atoms with Crippen molar-refractivity contribution in [1.82, 2.24) is 5.32 Å². The molecule has 0 aromatic heterocycles. The Morgan fingerprint density at radius 3 is 2.31 bits per heavy atom. The molecule has 1 saturated heterocycles. The molecule has 2 nitrogen and oxygen atoms in total. The number of aryl methyl sites for hydroxylation is 3. The third-order valence-corrected chi connectivity index (χ3v) is 3.01. The first-order valence-electron chi connectivity index (χ1n) is 5.57. The summed E-state index contributed by atoms with van der Waals surface area (Å²) in [6.45, 7) is 9.11. The minimum Gasteiger partial charge on any atom is -0.378 e. The van der Waals surface area contributed by atoms with Crippen LogP contribution >= 0.6 is 12.4 Å². The summed E-state index contributed by atoms with van der Waals surface area (Å²) in [6, 6.07) is 4.87. The first-order chi connectivity index (χ1) is 7.18. The molecule has 3 heteroatoms. The number of halogens is 1. The summed E-state index contributed by atoms with van der Waals surface area (Å²) in [5, 5.41) is 3.51. The van der Waals surface area contributed by atoms with Crippen LogP contribution in [0.3, 0.4) is 0 Å². The number of nitrogens with one attached hydrogen (secondary N) is 1. The second-order valence-electron chi connectivity index (χ2n) is 4.39. The van der Waals surface area contributed by atoms with Crippen molar-refractivity contribution in [2.45, 2.75) is 26.8 Å². The second-order valence-corrected chi connectivity index (χ2v) is 4.39. The third-order valence-electron chi connectivity index (χ3n) is 3.01. The molecule has 0 spiro atoms. The molecule has 1 atom stereocenters. The molecule has 0 amide bonds. The topological polar surface area (TPSA) is 21.3 Å². The van der Waals surface area contributed by atoms with Crippen molar-refractivity contribution in [2.75, 3.05) is 19.8 Å². The third kappa shape index (κ3) is 2.76. The maximum absolute atomic E-state index is 5.51. The van der Waals surface area contributed by atoms with Crippen LogP contribution in [0.25, 0.3) is 0 Å². The summed E-state index contributed by atoms with van der Waals surface area (Å²) >= 11 is 0. The summed E-state index contributed by atoms with van der Waals surface area (Å²) < 4.78 is 5.51. The van der Waals surface area contributed by atoms with Crippen LogP contribution in [0.2, 0.25) is 0 Å². The van der Waals surface area contributed by atoms with Gasteiger partial charge in [-0.1, -0.05) is 17.7 Å². The van der Waals surface area contributed by atoms with Gasteiger partial charge in [-0.25, -0.2) is 0 Å². The predicted molar refractivity (Wildman–Crippen MR) is 69.5 cm³/mol. The van der Waals surface area contributed by atoms with Gasteiger partial charge in [0.2, 0.25) is 0 Å². The molecule has 0 unspecified atom stereocenters. The number of rotatable bonds is 1. The van der Waals surface area contributed by atoms with Crippen molar-refractivity contribution in [2.24, 2.45) is 0 Å². The number of benzene rings is 1. The van der Waals surface area contributed by atoms with Crippen molar-refractivity contribution in [1.29, 1.82) is 0 Å². The van der Waals surface area contributed by atoms with Crippen molar-refractivity contribution in [3.8, 4) is 0 Å². The lowest BCUT2D eigenvalue weighted by atomic mass is 9.94. The SMILES string of the molecule is Cc1cc(C)c([C@H]2COCCN2)c(C)c1.Cl. The van der Waals surface area contributed by atoms with Crippen LogP contribution in [0.5, 0.6) is 0 Å². The summed E-state index contributed by atoms with van der Waals surface area (Å²) in [6.07, 6.45) is 0. The zero-order chi connectivity index (χ0) is 10.8. The molecule has 1 N–H and O–H groups in total. The Balaban J connectivity index is 0.00000128. The van der Waals surface area contributed by atoms with Crippen LogP contribution in [0.15, 0.2) is 12.1 Å². The van der Waals surface area contributed by atoms with E-state index in [9.17, 15) is 0 Å². The lowest BCUT2D eigenvalue weighted by Gasteiger charge is -2.27. The summed E-state index contributed by atoms with van der Waals surface area (Å²) in [7, 11) is 0. The van der Waals surface area contributed by atoms with E-state index in [0.29, 0.717) is 6.04 Å². The first-order valence-corrected chi connectivity index (χ1v) is 5.57. The van der Waals surface area contributed by atoms with Gasteiger partial charge in [0.1, 0.15) is 0 Å². The van der Waals surface area contributed by atoms with E-state index in [1.807, 2.05) is 0 Å². The van der Waals surface area contributed by atoms with Gasteiger partial charge in [0.05, 0.1) is 19.3 Å². The van der Waals surface area contributed by atoms with E-state index in [2.05, 4.69) is 38.2 Å². The molecule has 16 heavy (non-hydrogen) atoms. The molecule has 1 aliphatic heterocycles. The monoisotopic (exact) mass is 241 g/mol. The van der Waals surface area contributed by atoms with Gasteiger partial charge in [-0.2, -0.15) is 0 Å². The Morgan fingerprint density at radius 1 is 1.19 bits per heavy atom. The fourth-order valence-corrected chi connectivity index (χ4v) is 2.49. The second kappa shape index (κ2) is 5.67. The lowest BCUT2D eigenvalue weighted by Crippen LogP contribution is -2.35. The average molecular weight is 242 g/mol. The quantitative estimate of drug-likeness (QED) is 0.817. The molecule has 1 heterocycles. The molecule has 90 valence electrons. The van der Waals surface area contributed by atoms with Crippen LogP contribution in [-0.2, 0) is 4.74 Å². The molecule has 0 aliphatic carbocycles. The van der Waals surface area contributed by atoms with Gasteiger partial charge in [-0.05, 0) is 37.5 Å². The molecule has 1 aromatic rings. The van der Waals surface area contributed by atoms with E-state index >= 15 is 0 Å². The van der Waals surface area contributed by atoms with Crippen LogP contribution < -0.4 is 5.32 Å². The Morgan fingerprint density at radius 2 is 1.81 bits per heavy atom. The van der Waals surface area contributed by atoms with Crippen LogP contribution in [0, 0.1) is 20.8 Å². The van der Waals surface area contributed by atoms with E-state index in [-0.39, 0.29) is 12.4 Å². The maximum Gasteiger partial charge on any atom is 0.0662 e. The van der Waals surface area contributed by atoms with Gasteiger partial charge in [-0.3, -0.25) is 0 Å². The zero-order valence-corrected chi connectivity index (χ0v) is 11.0. The van der Waals surface area contributed by atoms with Gasteiger partial charge >= 0.3 is 0 Å². The van der Waals surface area contributed by atoms with E-state index in [0.717, 1.165) is 19.8 Å². The molecule has 1 aliphatic rings. The summed E-state index contributed by atoms with van der Waals surface area (Å²) in [5.41, 5.74) is 5.50. The van der Waals surface area contributed by atoms with Gasteiger partial charge in [0.15, 0.2) is 0 Å². The molecular weight excluding hydrogens is 222 g/mol. The molecular formula is C13H20ClNO. The van der Waals surface area contributed by atoms with Crippen LogP contribution in [0.4, 0.5) is 0 Å². The molecule has 2 rings (SSSR count). The molecule has 1 aromatic carbocycles. The Kier molecular flexibility index (Phi) is 4.78. The van der Waals surface area contributed by atoms with Crippen LogP contribution in [0.1, 0.15) is 28.3 Å². The Labute approximate surface area is 104 Å². The minimum atomic E-state index is 0. The largest absolute Gasteiger partial charge is 0.378 e. The highest BCUT2D eigenvalue weighted by Crippen LogP contribution is 2.24. The van der Waals surface area contributed by atoms with E-state index < -0.39 is 0 Å². The highest BCUT2D eigenvalue weighted by molar-refractivity contribution is 5.85. The van der Waals surface area contributed by atoms with Gasteiger partial charge in [-0.15, -0.1) is 12.4 Å². The maximum atomic E-state index is 5.51. The molecule has 0 saturated carbocycles. The summed E-state index contributed by atoms with van der Waals surface area (Å²) in [5.74, 6) is 0. The Hall–Kier alpha value is -0.570. The predicted octanol–water partition coefficient (Wildman–Crippen LogP) is 2.69. The standard InChI is InChI=1S/C13H19NO.ClH/c1-9-6-10(2)13(11(3)7-9)12-8-15-5-4-14-12;/h6-7,12,14H,4-5,8H2,1-3H3;1H/t12-;/m1./s1. The first kappa shape index (κ1) is 13.5. The lowest BCUT2D eigenvalue weighted by molar-refractivity contribution is 0.0765. The fourth-order valence-electron chi connectivity index (χ4n) is 2.49. The molecule has 0 radical (unpaired) electrons. The fraction of sp³-hybridized carbons (Fsp3) is 0.538. The van der Waals surface area contributed by atoms with Crippen molar-refractivity contribution >= 4 is 12.4 Å². The average Bonchev–Trinajstić information content (AvgIpc) is 2.17. The Bertz CT molecular complexity index is 336. The highest BCUT2D eigenvalue weighted by Gasteiger charge is 2.18. The zero-order valence-electron chi connectivity index (χ0n) is 10.2. The van der Waals surface area contributed by atoms with Gasteiger partial charge < -0.3 is 10.1 Å². The minimum absolute atomic E-state index is 0. The molecule has 1 fully saturated rings. The van der Waals surface area contributed by atoms with Gasteiger partial charge in [0, 0.05) is 6.54 Å². The summed E-state index contributed by atoms with van der Waals surface area (Å²) in [4.78, 5) is 0. The number of hydrogen-bond donors (Lipinski definition) is 1. The van der Waals surface area contributed by atoms with E-state index in [1.54, 1.807) is 0 Å². The number of hydrogen-bond acceptors (Lipinski definition) is 2. The van der Waals surface area contributed by atoms with Crippen LogP contribution in [-0.4, -0.2) is 19.8 Å². The van der Waals surface area contributed by atoms with E-state index in [4.69, 9.17) is 4.74 Å². The number of morpholine rings is 1. The highest BCUT2D eigenvalue weighted by atomic mass is 35.5. The smallest absolute Gasteiger partial charge is 0.0662 e. The normalized spacial score (nSPS) is 20.3. The molecule has 0 bridgehead atoms.